The number of nitrogens with two attached hydrogens (primary N) is 1. The van der Waals surface area contributed by atoms with Gasteiger partial charge in [0.15, 0.2) is 0 Å². The van der Waals surface area contributed by atoms with Gasteiger partial charge in [-0.25, -0.2) is 4.79 Å². The summed E-state index contributed by atoms with van der Waals surface area (Å²) in [6.45, 7) is 2.67. The van der Waals surface area contributed by atoms with Crippen molar-refractivity contribution < 1.29 is 9.90 Å². The van der Waals surface area contributed by atoms with Crippen LogP contribution in [0.1, 0.15) is 6.42 Å². The molecular weight excluding hydrogens is 218 g/mol. The molecule has 0 aliphatic carbocycles. The molecule has 1 fully saturated rings. The third kappa shape index (κ3) is 2.50. The van der Waals surface area contributed by atoms with E-state index in [-0.39, 0.29) is 11.8 Å². The number of carbonyl (C=O) groups excluding carboxylic acids is 1. The Kier molecular flexibility index (Phi) is 3.49. The van der Waals surface area contributed by atoms with Gasteiger partial charge in [0.25, 0.3) is 0 Å². The molecular formula is C12H17N3O2. The van der Waals surface area contributed by atoms with Crippen molar-refractivity contribution in [3.05, 3.63) is 24.3 Å². The zero-order valence-corrected chi connectivity index (χ0v) is 9.67. The lowest BCUT2D eigenvalue weighted by molar-refractivity contribution is 0.220. The number of rotatable bonds is 4. The van der Waals surface area contributed by atoms with Gasteiger partial charge in [-0.15, -0.1) is 0 Å². The Morgan fingerprint density at radius 2 is 2.18 bits per heavy atom. The van der Waals surface area contributed by atoms with E-state index in [2.05, 4.69) is 0 Å². The molecule has 0 bridgehead atoms. The van der Waals surface area contributed by atoms with Gasteiger partial charge in [-0.1, -0.05) is 6.07 Å². The van der Waals surface area contributed by atoms with Crippen LogP contribution in [0.15, 0.2) is 24.3 Å². The molecule has 1 aliphatic rings. The maximum absolute atomic E-state index is 12.1. The molecule has 5 nitrogen and oxygen atoms in total. The average molecular weight is 235 g/mol. The number of amides is 2. The number of benzene rings is 1. The third-order valence-corrected chi connectivity index (χ3v) is 2.87. The largest absolute Gasteiger partial charge is 0.508 e. The van der Waals surface area contributed by atoms with Gasteiger partial charge in [-0.05, 0) is 25.1 Å². The van der Waals surface area contributed by atoms with E-state index in [1.807, 2.05) is 6.07 Å². The van der Waals surface area contributed by atoms with E-state index in [0.717, 1.165) is 12.1 Å². The fourth-order valence-corrected chi connectivity index (χ4v) is 1.97. The van der Waals surface area contributed by atoms with Crippen molar-refractivity contribution >= 4 is 11.7 Å². The number of aromatic hydroxyl groups is 1. The van der Waals surface area contributed by atoms with Crippen LogP contribution in [-0.2, 0) is 0 Å². The summed E-state index contributed by atoms with van der Waals surface area (Å²) in [4.78, 5) is 15.5. The number of anilines is 1. The molecule has 1 aromatic carbocycles. The van der Waals surface area contributed by atoms with Crippen LogP contribution >= 0.6 is 0 Å². The van der Waals surface area contributed by atoms with Gasteiger partial charge in [0.05, 0.1) is 0 Å². The van der Waals surface area contributed by atoms with E-state index in [1.165, 1.54) is 0 Å². The number of phenols is 1. The first-order valence-corrected chi connectivity index (χ1v) is 5.78. The standard InChI is InChI=1S/C12H17N3O2/c13-5-2-6-14-7-8-15(12(14)17)10-3-1-4-11(16)9-10/h1,3-4,9,16H,2,5-8,13H2. The molecule has 0 atom stereocenters. The second-order valence-corrected chi connectivity index (χ2v) is 4.08. The monoisotopic (exact) mass is 235 g/mol. The van der Waals surface area contributed by atoms with E-state index < -0.39 is 0 Å². The van der Waals surface area contributed by atoms with Crippen LogP contribution in [0.3, 0.4) is 0 Å². The number of hydrogen-bond donors (Lipinski definition) is 2. The number of hydrogen-bond acceptors (Lipinski definition) is 3. The highest BCUT2D eigenvalue weighted by molar-refractivity contribution is 5.94. The second kappa shape index (κ2) is 5.05. The lowest BCUT2D eigenvalue weighted by Crippen LogP contribution is -2.33. The first-order chi connectivity index (χ1) is 8.22. The SMILES string of the molecule is NCCCN1CCN(c2cccc(O)c2)C1=O. The summed E-state index contributed by atoms with van der Waals surface area (Å²) in [5.74, 6) is 0.177. The smallest absolute Gasteiger partial charge is 0.324 e. The molecule has 0 unspecified atom stereocenters. The second-order valence-electron chi connectivity index (χ2n) is 4.08. The van der Waals surface area contributed by atoms with E-state index in [9.17, 15) is 9.90 Å². The van der Waals surface area contributed by atoms with Crippen LogP contribution in [0.5, 0.6) is 5.75 Å². The number of urea groups is 1. The Morgan fingerprint density at radius 1 is 1.35 bits per heavy atom. The molecule has 17 heavy (non-hydrogen) atoms. The van der Waals surface area contributed by atoms with Gasteiger partial charge in [0.1, 0.15) is 5.75 Å². The Balaban J connectivity index is 2.07. The van der Waals surface area contributed by atoms with Crippen LogP contribution in [0.2, 0.25) is 0 Å². The molecule has 1 heterocycles. The van der Waals surface area contributed by atoms with Gasteiger partial charge in [0.2, 0.25) is 0 Å². The van der Waals surface area contributed by atoms with E-state index in [1.54, 1.807) is 28.0 Å². The average Bonchev–Trinajstić information content (AvgIpc) is 2.68. The first-order valence-electron chi connectivity index (χ1n) is 5.78. The van der Waals surface area contributed by atoms with Crippen molar-refractivity contribution in [1.29, 1.82) is 0 Å². The summed E-state index contributed by atoms with van der Waals surface area (Å²) in [6, 6.07) is 6.74. The van der Waals surface area contributed by atoms with Crippen LogP contribution in [-0.4, -0.2) is 42.2 Å². The highest BCUT2D eigenvalue weighted by Gasteiger charge is 2.28. The molecule has 5 heteroatoms. The van der Waals surface area contributed by atoms with E-state index in [4.69, 9.17) is 5.73 Å². The molecule has 0 radical (unpaired) electrons. The van der Waals surface area contributed by atoms with Crippen LogP contribution in [0.4, 0.5) is 10.5 Å². The third-order valence-electron chi connectivity index (χ3n) is 2.87. The quantitative estimate of drug-likeness (QED) is 0.817. The van der Waals surface area contributed by atoms with E-state index >= 15 is 0 Å². The van der Waals surface area contributed by atoms with Crippen molar-refractivity contribution in [1.82, 2.24) is 4.90 Å². The Morgan fingerprint density at radius 3 is 2.88 bits per heavy atom. The minimum absolute atomic E-state index is 0.0101. The predicted molar refractivity (Wildman–Crippen MR) is 66.1 cm³/mol. The predicted octanol–water partition coefficient (Wildman–Crippen LogP) is 0.983. The fourth-order valence-electron chi connectivity index (χ4n) is 1.97. The van der Waals surface area contributed by atoms with Gasteiger partial charge in [0, 0.05) is 31.4 Å². The van der Waals surface area contributed by atoms with E-state index in [0.29, 0.717) is 26.2 Å². The van der Waals surface area contributed by atoms with Crippen LogP contribution in [0.25, 0.3) is 0 Å². The van der Waals surface area contributed by atoms with Crippen molar-refractivity contribution in [2.75, 3.05) is 31.1 Å². The molecule has 1 aliphatic heterocycles. The minimum Gasteiger partial charge on any atom is -0.508 e. The fraction of sp³-hybridized carbons (Fsp3) is 0.417. The molecule has 3 N–H and O–H groups in total. The molecule has 0 spiro atoms. The summed E-state index contributed by atoms with van der Waals surface area (Å²) in [5, 5.41) is 9.40. The highest BCUT2D eigenvalue weighted by Crippen LogP contribution is 2.23. The molecule has 1 saturated heterocycles. The summed E-state index contributed by atoms with van der Waals surface area (Å²) in [6.07, 6.45) is 0.819. The summed E-state index contributed by atoms with van der Waals surface area (Å²) < 4.78 is 0. The number of nitrogens with zero attached hydrogens (tertiary/aromatic N) is 2. The van der Waals surface area contributed by atoms with Crippen molar-refractivity contribution in [2.24, 2.45) is 5.73 Å². The number of carbonyl (C=O) groups is 1. The summed E-state index contributed by atoms with van der Waals surface area (Å²) in [5.41, 5.74) is 6.17. The van der Waals surface area contributed by atoms with Gasteiger partial charge in [-0.2, -0.15) is 0 Å². The van der Waals surface area contributed by atoms with Crippen LogP contribution < -0.4 is 10.6 Å². The molecule has 0 aromatic heterocycles. The minimum atomic E-state index is -0.0101. The topological polar surface area (TPSA) is 69.8 Å². The molecule has 0 saturated carbocycles. The zero-order valence-electron chi connectivity index (χ0n) is 9.67. The number of phenolic OH excluding ortho intramolecular Hbond substituents is 1. The van der Waals surface area contributed by atoms with Crippen LogP contribution in [0, 0.1) is 0 Å². The van der Waals surface area contributed by atoms with Crippen molar-refractivity contribution in [2.45, 2.75) is 6.42 Å². The molecule has 1 aromatic rings. The highest BCUT2D eigenvalue weighted by atomic mass is 16.3. The molecule has 2 rings (SSSR count). The van der Waals surface area contributed by atoms with Crippen molar-refractivity contribution in [3.63, 3.8) is 0 Å². The maximum Gasteiger partial charge on any atom is 0.324 e. The van der Waals surface area contributed by atoms with Gasteiger partial charge >= 0.3 is 6.03 Å². The van der Waals surface area contributed by atoms with Gasteiger partial charge < -0.3 is 15.7 Å². The lowest BCUT2D eigenvalue weighted by atomic mass is 10.3. The normalized spacial score (nSPS) is 15.7. The Hall–Kier alpha value is -1.75. The molecule has 2 amide bonds. The molecule has 92 valence electrons. The zero-order chi connectivity index (χ0) is 12.3. The Bertz CT molecular complexity index is 408. The summed E-state index contributed by atoms with van der Waals surface area (Å²) in [7, 11) is 0. The van der Waals surface area contributed by atoms with Gasteiger partial charge in [-0.3, -0.25) is 4.90 Å². The maximum atomic E-state index is 12.1. The van der Waals surface area contributed by atoms with Crippen molar-refractivity contribution in [3.8, 4) is 5.75 Å². The first kappa shape index (κ1) is 11.7. The summed E-state index contributed by atoms with van der Waals surface area (Å²) >= 11 is 0. The Labute approximate surface area is 100 Å². The lowest BCUT2D eigenvalue weighted by Gasteiger charge is -2.18.